The number of nitrogens with one attached hydrogen (secondary N) is 2. The zero-order chi connectivity index (χ0) is 11.6. The monoisotopic (exact) mass is 226 g/mol. The highest BCUT2D eigenvalue weighted by Crippen LogP contribution is 2.25. The van der Waals surface area contributed by atoms with E-state index in [0.29, 0.717) is 6.42 Å². The Labute approximate surface area is 99.4 Å². The van der Waals surface area contributed by atoms with Crippen LogP contribution in [-0.2, 0) is 4.79 Å². The average molecular weight is 226 g/mol. The molecule has 1 aliphatic rings. The van der Waals surface area contributed by atoms with E-state index < -0.39 is 0 Å². The highest BCUT2D eigenvalue weighted by Gasteiger charge is 2.12. The van der Waals surface area contributed by atoms with Gasteiger partial charge < -0.3 is 10.6 Å². The number of rotatable bonds is 7. The van der Waals surface area contributed by atoms with Crippen LogP contribution in [0.4, 0.5) is 0 Å². The lowest BCUT2D eigenvalue weighted by Crippen LogP contribution is -2.28. The van der Waals surface area contributed by atoms with Gasteiger partial charge in [-0.05, 0) is 25.8 Å². The Morgan fingerprint density at radius 3 is 2.62 bits per heavy atom. The lowest BCUT2D eigenvalue weighted by molar-refractivity contribution is -0.120. The van der Waals surface area contributed by atoms with Crippen molar-refractivity contribution in [3.63, 3.8) is 0 Å². The van der Waals surface area contributed by atoms with Gasteiger partial charge in [0, 0.05) is 19.5 Å². The van der Waals surface area contributed by atoms with Gasteiger partial charge in [-0.2, -0.15) is 0 Å². The number of hydrogen-bond donors (Lipinski definition) is 2. The van der Waals surface area contributed by atoms with Gasteiger partial charge in [-0.1, -0.05) is 32.1 Å². The Morgan fingerprint density at radius 2 is 1.94 bits per heavy atom. The maximum absolute atomic E-state index is 11.2. The minimum atomic E-state index is 0.160. The Hall–Kier alpha value is -0.570. The molecule has 1 amide bonds. The fraction of sp³-hybridized carbons (Fsp3) is 0.923. The van der Waals surface area contributed by atoms with Crippen LogP contribution in [0.3, 0.4) is 0 Å². The second-order valence-electron chi connectivity index (χ2n) is 4.75. The van der Waals surface area contributed by atoms with E-state index in [2.05, 4.69) is 10.6 Å². The molecule has 1 rings (SSSR count). The SMILES string of the molecule is CCNC(=O)CCNCCC1CCCCC1. The third-order valence-corrected chi connectivity index (χ3v) is 3.36. The van der Waals surface area contributed by atoms with Gasteiger partial charge in [-0.3, -0.25) is 4.79 Å². The number of amides is 1. The molecule has 0 radical (unpaired) electrons. The molecule has 0 spiro atoms. The predicted octanol–water partition coefficient (Wildman–Crippen LogP) is 2.07. The Kier molecular flexibility index (Phi) is 7.23. The third-order valence-electron chi connectivity index (χ3n) is 3.36. The molecule has 0 heterocycles. The fourth-order valence-corrected chi connectivity index (χ4v) is 2.39. The molecular formula is C13H26N2O. The van der Waals surface area contributed by atoms with Crippen LogP contribution in [0, 0.1) is 5.92 Å². The molecule has 2 N–H and O–H groups in total. The normalized spacial score (nSPS) is 17.3. The van der Waals surface area contributed by atoms with Crippen LogP contribution in [0.15, 0.2) is 0 Å². The van der Waals surface area contributed by atoms with Crippen LogP contribution in [0.5, 0.6) is 0 Å². The van der Waals surface area contributed by atoms with Gasteiger partial charge in [0.25, 0.3) is 0 Å². The molecule has 0 aromatic rings. The first-order chi connectivity index (χ1) is 7.83. The van der Waals surface area contributed by atoms with Crippen molar-refractivity contribution in [3.05, 3.63) is 0 Å². The van der Waals surface area contributed by atoms with E-state index in [1.807, 2.05) is 6.92 Å². The molecule has 0 aliphatic heterocycles. The molecule has 16 heavy (non-hydrogen) atoms. The van der Waals surface area contributed by atoms with E-state index in [1.165, 1.54) is 38.5 Å². The Bertz CT molecular complexity index is 188. The Morgan fingerprint density at radius 1 is 1.19 bits per heavy atom. The van der Waals surface area contributed by atoms with Crippen molar-refractivity contribution >= 4 is 5.91 Å². The van der Waals surface area contributed by atoms with Crippen molar-refractivity contribution in [2.45, 2.75) is 51.9 Å². The highest BCUT2D eigenvalue weighted by molar-refractivity contribution is 5.75. The molecule has 3 nitrogen and oxygen atoms in total. The van der Waals surface area contributed by atoms with Gasteiger partial charge in [0.2, 0.25) is 5.91 Å². The highest BCUT2D eigenvalue weighted by atomic mass is 16.1. The summed E-state index contributed by atoms with van der Waals surface area (Å²) < 4.78 is 0. The molecule has 94 valence electrons. The molecule has 1 saturated carbocycles. The molecule has 0 aromatic heterocycles. The van der Waals surface area contributed by atoms with Gasteiger partial charge in [0.1, 0.15) is 0 Å². The Balaban J connectivity index is 1.89. The second kappa shape index (κ2) is 8.57. The maximum atomic E-state index is 11.2. The van der Waals surface area contributed by atoms with Gasteiger partial charge in [0.05, 0.1) is 0 Å². The van der Waals surface area contributed by atoms with Crippen molar-refractivity contribution in [2.75, 3.05) is 19.6 Å². The molecule has 0 atom stereocenters. The first kappa shape index (κ1) is 13.5. The molecule has 1 aliphatic carbocycles. The second-order valence-corrected chi connectivity index (χ2v) is 4.75. The van der Waals surface area contributed by atoms with Gasteiger partial charge in [-0.15, -0.1) is 0 Å². The summed E-state index contributed by atoms with van der Waals surface area (Å²) in [4.78, 5) is 11.2. The summed E-state index contributed by atoms with van der Waals surface area (Å²) in [5.41, 5.74) is 0. The molecule has 3 heteroatoms. The van der Waals surface area contributed by atoms with Crippen LogP contribution in [0.25, 0.3) is 0 Å². The summed E-state index contributed by atoms with van der Waals surface area (Å²) in [7, 11) is 0. The zero-order valence-corrected chi connectivity index (χ0v) is 10.6. The van der Waals surface area contributed by atoms with Gasteiger partial charge in [0.15, 0.2) is 0 Å². The summed E-state index contributed by atoms with van der Waals surface area (Å²) in [6.45, 7) is 4.58. The van der Waals surface area contributed by atoms with Crippen molar-refractivity contribution in [1.82, 2.24) is 10.6 Å². The zero-order valence-electron chi connectivity index (χ0n) is 10.6. The number of carbonyl (C=O) groups excluding carboxylic acids is 1. The minimum absolute atomic E-state index is 0.160. The maximum Gasteiger partial charge on any atom is 0.221 e. The third kappa shape index (κ3) is 6.11. The molecular weight excluding hydrogens is 200 g/mol. The largest absolute Gasteiger partial charge is 0.356 e. The van der Waals surface area contributed by atoms with E-state index >= 15 is 0 Å². The smallest absolute Gasteiger partial charge is 0.221 e. The number of hydrogen-bond acceptors (Lipinski definition) is 2. The molecule has 0 unspecified atom stereocenters. The van der Waals surface area contributed by atoms with Gasteiger partial charge >= 0.3 is 0 Å². The topological polar surface area (TPSA) is 41.1 Å². The molecule has 0 saturated heterocycles. The summed E-state index contributed by atoms with van der Waals surface area (Å²) in [6.07, 6.45) is 9.00. The minimum Gasteiger partial charge on any atom is -0.356 e. The van der Waals surface area contributed by atoms with Crippen LogP contribution < -0.4 is 10.6 Å². The van der Waals surface area contributed by atoms with Crippen molar-refractivity contribution in [1.29, 1.82) is 0 Å². The van der Waals surface area contributed by atoms with Crippen molar-refractivity contribution in [3.8, 4) is 0 Å². The van der Waals surface area contributed by atoms with E-state index in [-0.39, 0.29) is 5.91 Å². The van der Waals surface area contributed by atoms with E-state index in [9.17, 15) is 4.79 Å². The summed E-state index contributed by atoms with van der Waals surface area (Å²) in [5.74, 6) is 1.10. The fourth-order valence-electron chi connectivity index (χ4n) is 2.39. The van der Waals surface area contributed by atoms with E-state index in [0.717, 1.165) is 25.6 Å². The van der Waals surface area contributed by atoms with Crippen LogP contribution in [0.2, 0.25) is 0 Å². The molecule has 1 fully saturated rings. The van der Waals surface area contributed by atoms with Crippen molar-refractivity contribution < 1.29 is 4.79 Å². The number of carbonyl (C=O) groups is 1. The molecule has 0 bridgehead atoms. The van der Waals surface area contributed by atoms with E-state index in [1.54, 1.807) is 0 Å². The standard InChI is InChI=1S/C13H26N2O/c1-2-15-13(16)9-11-14-10-8-12-6-4-3-5-7-12/h12,14H,2-11H2,1H3,(H,15,16). The van der Waals surface area contributed by atoms with Gasteiger partial charge in [-0.25, -0.2) is 0 Å². The first-order valence-electron chi connectivity index (χ1n) is 6.80. The predicted molar refractivity (Wildman–Crippen MR) is 67.4 cm³/mol. The van der Waals surface area contributed by atoms with Crippen molar-refractivity contribution in [2.24, 2.45) is 5.92 Å². The quantitative estimate of drug-likeness (QED) is 0.653. The summed E-state index contributed by atoms with van der Waals surface area (Å²) in [6, 6.07) is 0. The average Bonchev–Trinajstić information content (AvgIpc) is 2.30. The van der Waals surface area contributed by atoms with E-state index in [4.69, 9.17) is 0 Å². The van der Waals surface area contributed by atoms with Crippen LogP contribution >= 0.6 is 0 Å². The van der Waals surface area contributed by atoms with Crippen LogP contribution in [-0.4, -0.2) is 25.5 Å². The first-order valence-corrected chi connectivity index (χ1v) is 6.80. The molecule has 0 aromatic carbocycles. The summed E-state index contributed by atoms with van der Waals surface area (Å²) in [5, 5.41) is 6.17. The lowest BCUT2D eigenvalue weighted by Gasteiger charge is -2.21. The van der Waals surface area contributed by atoms with Crippen LogP contribution in [0.1, 0.15) is 51.9 Å². The lowest BCUT2D eigenvalue weighted by atomic mass is 9.87. The summed E-state index contributed by atoms with van der Waals surface area (Å²) >= 11 is 0.